The lowest BCUT2D eigenvalue weighted by Crippen LogP contribution is -2.49. The zero-order valence-electron chi connectivity index (χ0n) is 10.6. The van der Waals surface area contributed by atoms with Gasteiger partial charge in [0, 0.05) is 14.2 Å². The van der Waals surface area contributed by atoms with E-state index in [9.17, 15) is 0 Å². The van der Waals surface area contributed by atoms with Gasteiger partial charge in [0.05, 0.1) is 6.61 Å². The van der Waals surface area contributed by atoms with E-state index in [0.29, 0.717) is 6.61 Å². The Labute approximate surface area is 95.3 Å². The first-order valence-electron chi connectivity index (χ1n) is 5.34. The molecule has 0 saturated heterocycles. The molecule has 0 heterocycles. The minimum absolute atomic E-state index is 0.267. The van der Waals surface area contributed by atoms with Gasteiger partial charge in [-0.3, -0.25) is 0 Å². The summed E-state index contributed by atoms with van der Waals surface area (Å²) in [5.41, 5.74) is 1.03. The van der Waals surface area contributed by atoms with Crippen molar-refractivity contribution in [2.75, 3.05) is 20.8 Å². The van der Waals surface area contributed by atoms with Gasteiger partial charge in [0.25, 0.3) is 0 Å². The van der Waals surface area contributed by atoms with E-state index in [1.165, 1.54) is 0 Å². The summed E-state index contributed by atoms with van der Waals surface area (Å²) in [5.74, 6) is 0. The summed E-state index contributed by atoms with van der Waals surface area (Å²) in [4.78, 5) is 0. The maximum absolute atomic E-state index is 5.89. The van der Waals surface area contributed by atoms with Crippen LogP contribution in [0.4, 0.5) is 0 Å². The first-order valence-corrected chi connectivity index (χ1v) is 6.86. The molecule has 0 fully saturated rings. The Morgan fingerprint density at radius 1 is 1.33 bits per heavy atom. The third-order valence-electron chi connectivity index (χ3n) is 2.32. The summed E-state index contributed by atoms with van der Waals surface area (Å²) in [6.07, 6.45) is 2.02. The molecule has 0 saturated carbocycles. The van der Waals surface area contributed by atoms with Gasteiger partial charge in [-0.25, -0.2) is 0 Å². The molecular formula is C11H24O3Si. The Kier molecular flexibility index (Phi) is 7.09. The molecule has 1 unspecified atom stereocenters. The van der Waals surface area contributed by atoms with Crippen LogP contribution in [0.5, 0.6) is 0 Å². The molecule has 3 nitrogen and oxygen atoms in total. The van der Waals surface area contributed by atoms with Crippen LogP contribution >= 0.6 is 0 Å². The second-order valence-electron chi connectivity index (χ2n) is 4.11. The number of hydrogen-bond donors (Lipinski definition) is 0. The van der Waals surface area contributed by atoms with E-state index < -0.39 is 9.28 Å². The van der Waals surface area contributed by atoms with Crippen LogP contribution in [0.1, 0.15) is 33.6 Å². The second-order valence-corrected chi connectivity index (χ2v) is 6.94. The van der Waals surface area contributed by atoms with Crippen LogP contribution in [0.3, 0.4) is 0 Å². The van der Waals surface area contributed by atoms with Crippen LogP contribution in [-0.4, -0.2) is 35.3 Å². The summed E-state index contributed by atoms with van der Waals surface area (Å²) in [6, 6.07) is 0. The van der Waals surface area contributed by atoms with Gasteiger partial charge in [0.1, 0.15) is 5.22 Å². The average molecular weight is 232 g/mol. The SMILES string of the molecule is C=C(C)COC(C)(CCC)[SiH](OC)OC. The Hall–Kier alpha value is -0.163. The van der Waals surface area contributed by atoms with E-state index >= 15 is 0 Å². The third kappa shape index (κ3) is 4.93. The van der Waals surface area contributed by atoms with Gasteiger partial charge in [-0.05, 0) is 20.3 Å². The molecule has 4 heteroatoms. The largest absolute Gasteiger partial charge is 0.398 e. The summed E-state index contributed by atoms with van der Waals surface area (Å²) in [7, 11) is 1.62. The minimum Gasteiger partial charge on any atom is -0.398 e. The van der Waals surface area contributed by atoms with Crippen molar-refractivity contribution >= 4 is 9.28 Å². The molecule has 0 aliphatic rings. The Morgan fingerprint density at radius 2 is 1.87 bits per heavy atom. The van der Waals surface area contributed by atoms with Crippen molar-refractivity contribution in [2.24, 2.45) is 0 Å². The number of ether oxygens (including phenoxy) is 1. The predicted octanol–water partition coefficient (Wildman–Crippen LogP) is 2.19. The van der Waals surface area contributed by atoms with Crippen LogP contribution in [0, 0.1) is 0 Å². The average Bonchev–Trinajstić information content (AvgIpc) is 2.17. The van der Waals surface area contributed by atoms with E-state index in [-0.39, 0.29) is 5.22 Å². The normalized spacial score (nSPS) is 15.3. The molecule has 0 bridgehead atoms. The van der Waals surface area contributed by atoms with Gasteiger partial charge in [0.15, 0.2) is 0 Å². The Morgan fingerprint density at radius 3 is 2.20 bits per heavy atom. The van der Waals surface area contributed by atoms with E-state index in [1.807, 2.05) is 6.92 Å². The molecule has 15 heavy (non-hydrogen) atoms. The molecule has 1 atom stereocenters. The highest BCUT2D eigenvalue weighted by molar-refractivity contribution is 6.48. The van der Waals surface area contributed by atoms with Crippen molar-refractivity contribution in [2.45, 2.75) is 38.8 Å². The third-order valence-corrected chi connectivity index (χ3v) is 4.63. The van der Waals surface area contributed by atoms with Gasteiger partial charge in [-0.15, -0.1) is 0 Å². The molecule has 90 valence electrons. The minimum atomic E-state index is -1.76. The van der Waals surface area contributed by atoms with Gasteiger partial charge in [-0.1, -0.05) is 25.5 Å². The van der Waals surface area contributed by atoms with E-state index in [2.05, 4.69) is 20.4 Å². The summed E-state index contributed by atoms with van der Waals surface area (Å²) >= 11 is 0. The van der Waals surface area contributed by atoms with Crippen LogP contribution in [0.25, 0.3) is 0 Å². The molecule has 0 N–H and O–H groups in total. The monoisotopic (exact) mass is 232 g/mol. The molecule has 0 radical (unpaired) electrons. The van der Waals surface area contributed by atoms with E-state index in [0.717, 1.165) is 18.4 Å². The topological polar surface area (TPSA) is 27.7 Å². The predicted molar refractivity (Wildman–Crippen MR) is 65.2 cm³/mol. The molecule has 0 spiro atoms. The highest BCUT2D eigenvalue weighted by atomic mass is 28.3. The molecule has 0 amide bonds. The first-order chi connectivity index (χ1) is 7.00. The van der Waals surface area contributed by atoms with E-state index in [1.54, 1.807) is 14.2 Å². The summed E-state index contributed by atoms with van der Waals surface area (Å²) in [6.45, 7) is 10.6. The van der Waals surface area contributed by atoms with Crippen molar-refractivity contribution in [1.29, 1.82) is 0 Å². The molecule has 0 aromatic rings. The first kappa shape index (κ1) is 14.8. The number of hydrogen-bond acceptors (Lipinski definition) is 3. The molecule has 0 aromatic heterocycles. The van der Waals surface area contributed by atoms with Crippen LogP contribution < -0.4 is 0 Å². The van der Waals surface area contributed by atoms with Crippen molar-refractivity contribution in [3.05, 3.63) is 12.2 Å². The summed E-state index contributed by atoms with van der Waals surface area (Å²) < 4.78 is 16.7. The Balaban J connectivity index is 4.47. The lowest BCUT2D eigenvalue weighted by Gasteiger charge is -2.33. The van der Waals surface area contributed by atoms with Crippen molar-refractivity contribution in [3.8, 4) is 0 Å². The van der Waals surface area contributed by atoms with Crippen molar-refractivity contribution < 1.29 is 13.6 Å². The lowest BCUT2D eigenvalue weighted by atomic mass is 10.2. The van der Waals surface area contributed by atoms with Crippen LogP contribution in [0.15, 0.2) is 12.2 Å². The second kappa shape index (κ2) is 7.17. The smallest absolute Gasteiger partial charge is 0.353 e. The van der Waals surface area contributed by atoms with Gasteiger partial charge in [0.2, 0.25) is 0 Å². The van der Waals surface area contributed by atoms with Crippen LogP contribution in [0.2, 0.25) is 0 Å². The molecular weight excluding hydrogens is 208 g/mol. The summed E-state index contributed by atoms with van der Waals surface area (Å²) in [5, 5.41) is -0.267. The Bertz CT molecular complexity index is 192. The van der Waals surface area contributed by atoms with Crippen LogP contribution in [-0.2, 0) is 13.6 Å². The zero-order chi connectivity index (χ0) is 11.9. The molecule has 0 aliphatic carbocycles. The van der Waals surface area contributed by atoms with Gasteiger partial charge < -0.3 is 13.6 Å². The van der Waals surface area contributed by atoms with Crippen molar-refractivity contribution in [3.63, 3.8) is 0 Å². The molecule has 0 aliphatic heterocycles. The highest BCUT2D eigenvalue weighted by Gasteiger charge is 2.38. The maximum atomic E-state index is 5.89. The molecule has 0 rings (SSSR count). The molecule has 0 aromatic carbocycles. The lowest BCUT2D eigenvalue weighted by molar-refractivity contribution is 0.00367. The quantitative estimate of drug-likeness (QED) is 0.474. The van der Waals surface area contributed by atoms with E-state index in [4.69, 9.17) is 13.6 Å². The fourth-order valence-corrected chi connectivity index (χ4v) is 3.57. The number of rotatable bonds is 8. The highest BCUT2D eigenvalue weighted by Crippen LogP contribution is 2.22. The fraction of sp³-hybridized carbons (Fsp3) is 0.818. The van der Waals surface area contributed by atoms with Gasteiger partial charge in [-0.2, -0.15) is 0 Å². The van der Waals surface area contributed by atoms with Gasteiger partial charge >= 0.3 is 9.28 Å². The fourth-order valence-electron chi connectivity index (χ4n) is 1.64. The standard InChI is InChI=1S/C11H24O3Si/c1-7-8-11(4,14-9-10(2)3)15(12-5)13-6/h15H,2,7-9H2,1,3-6H3. The zero-order valence-corrected chi connectivity index (χ0v) is 11.8. The maximum Gasteiger partial charge on any atom is 0.353 e. The van der Waals surface area contributed by atoms with Crippen molar-refractivity contribution in [1.82, 2.24) is 0 Å².